The molecule has 1 rings (SSSR count). The second kappa shape index (κ2) is 16.0. The van der Waals surface area contributed by atoms with E-state index in [1.165, 1.54) is 58.4 Å². The van der Waals surface area contributed by atoms with Gasteiger partial charge in [-0.25, -0.2) is 0 Å². The molecule has 0 unspecified atom stereocenters. The van der Waals surface area contributed by atoms with Crippen molar-refractivity contribution in [2.24, 2.45) is 5.92 Å². The molecule has 0 atom stereocenters. The third-order valence-corrected chi connectivity index (χ3v) is 3.64. The number of unbranched alkanes of at least 4 members (excludes halogenated alkanes) is 1. The first-order valence-electron chi connectivity index (χ1n) is 8.67. The van der Waals surface area contributed by atoms with Gasteiger partial charge in [-0.1, -0.05) is 48.0 Å². The maximum atomic E-state index is 2.64. The van der Waals surface area contributed by atoms with E-state index < -0.39 is 0 Å². The number of nitrogens with zero attached hydrogens (tertiary/aromatic N) is 2. The number of rotatable bonds is 6. The molecule has 1 heterocycles. The molecule has 118 valence electrons. The van der Waals surface area contributed by atoms with Crippen LogP contribution < -0.4 is 0 Å². The number of likely N-dealkylation sites (tertiary alicyclic amines) is 1. The minimum atomic E-state index is 0.952. The Morgan fingerprint density at radius 2 is 1.53 bits per heavy atom. The third-order valence-electron chi connectivity index (χ3n) is 3.64. The van der Waals surface area contributed by atoms with Crippen LogP contribution in [0, 0.1) is 5.92 Å². The second-order valence-corrected chi connectivity index (χ2v) is 4.99. The van der Waals surface area contributed by atoms with Crippen LogP contribution in [-0.2, 0) is 0 Å². The van der Waals surface area contributed by atoms with Gasteiger partial charge in [-0.3, -0.25) is 0 Å². The zero-order chi connectivity index (χ0) is 15.1. The summed E-state index contributed by atoms with van der Waals surface area (Å²) in [6, 6.07) is 0. The first kappa shape index (κ1) is 21.2. The monoisotopic (exact) mass is 272 g/mol. The van der Waals surface area contributed by atoms with Crippen LogP contribution in [0.2, 0.25) is 0 Å². The van der Waals surface area contributed by atoms with Crippen LogP contribution >= 0.6 is 0 Å². The van der Waals surface area contributed by atoms with Crippen molar-refractivity contribution in [3.8, 4) is 0 Å². The number of piperidine rings is 1. The van der Waals surface area contributed by atoms with Crippen molar-refractivity contribution in [1.29, 1.82) is 0 Å². The van der Waals surface area contributed by atoms with Crippen molar-refractivity contribution in [1.82, 2.24) is 9.80 Å². The van der Waals surface area contributed by atoms with E-state index in [0.717, 1.165) is 5.92 Å². The number of hydrogen-bond acceptors (Lipinski definition) is 2. The van der Waals surface area contributed by atoms with Crippen LogP contribution in [0.25, 0.3) is 0 Å². The molecule has 0 amide bonds. The second-order valence-electron chi connectivity index (χ2n) is 4.99. The summed E-state index contributed by atoms with van der Waals surface area (Å²) in [5, 5.41) is 0. The molecule has 1 saturated heterocycles. The zero-order valence-corrected chi connectivity index (χ0v) is 14.8. The lowest BCUT2D eigenvalue weighted by atomic mass is 9.96. The molecule has 2 nitrogen and oxygen atoms in total. The van der Waals surface area contributed by atoms with Gasteiger partial charge in [-0.05, 0) is 58.4 Å². The summed E-state index contributed by atoms with van der Waals surface area (Å²) >= 11 is 0. The Labute approximate surface area is 123 Å². The van der Waals surface area contributed by atoms with Crippen LogP contribution in [-0.4, -0.2) is 49.6 Å². The minimum absolute atomic E-state index is 0.952. The lowest BCUT2D eigenvalue weighted by Crippen LogP contribution is -2.38. The number of hydrogen-bond donors (Lipinski definition) is 0. The van der Waals surface area contributed by atoms with Gasteiger partial charge in [-0.2, -0.15) is 0 Å². The van der Waals surface area contributed by atoms with Gasteiger partial charge in [0.05, 0.1) is 0 Å². The van der Waals surface area contributed by atoms with E-state index in [1.54, 1.807) is 0 Å². The normalized spacial score (nSPS) is 16.4. The highest BCUT2D eigenvalue weighted by atomic mass is 15.1. The van der Waals surface area contributed by atoms with Crippen LogP contribution in [0.3, 0.4) is 0 Å². The summed E-state index contributed by atoms with van der Waals surface area (Å²) < 4.78 is 0. The quantitative estimate of drug-likeness (QED) is 0.702. The van der Waals surface area contributed by atoms with Crippen molar-refractivity contribution in [2.75, 3.05) is 39.8 Å². The molecule has 0 aromatic heterocycles. The first-order valence-corrected chi connectivity index (χ1v) is 8.67. The van der Waals surface area contributed by atoms with Crippen LogP contribution in [0.4, 0.5) is 0 Å². The molecule has 1 fully saturated rings. The maximum Gasteiger partial charge on any atom is 0.000744 e. The standard InChI is InChI=1S/C13H28N2.2C2H6/c1-4-6-9-15-10-7-13(8-11-15)12-14(3)5-2;2*1-2/h13H,4-12H2,1-3H3;2*1-2H3. The minimum Gasteiger partial charge on any atom is -0.306 e. The van der Waals surface area contributed by atoms with Crippen molar-refractivity contribution >= 4 is 0 Å². The van der Waals surface area contributed by atoms with Gasteiger partial charge in [-0.15, -0.1) is 0 Å². The Morgan fingerprint density at radius 1 is 1.00 bits per heavy atom. The molecule has 0 aromatic rings. The van der Waals surface area contributed by atoms with Crippen LogP contribution in [0.5, 0.6) is 0 Å². The summed E-state index contributed by atoms with van der Waals surface area (Å²) in [5.74, 6) is 0.952. The van der Waals surface area contributed by atoms with E-state index in [1.807, 2.05) is 27.7 Å². The molecule has 0 bridgehead atoms. The average molecular weight is 273 g/mol. The first-order chi connectivity index (χ1) is 9.26. The largest absolute Gasteiger partial charge is 0.306 e. The Bertz CT molecular complexity index is 151. The summed E-state index contributed by atoms with van der Waals surface area (Å²) in [4.78, 5) is 5.10. The lowest BCUT2D eigenvalue weighted by molar-refractivity contribution is 0.155. The summed E-state index contributed by atoms with van der Waals surface area (Å²) in [5.41, 5.74) is 0. The third kappa shape index (κ3) is 11.4. The SMILES string of the molecule is CC.CC.CCCCN1CCC(CN(C)CC)CC1. The van der Waals surface area contributed by atoms with Crippen LogP contribution in [0.1, 0.15) is 67.2 Å². The van der Waals surface area contributed by atoms with Gasteiger partial charge in [0.1, 0.15) is 0 Å². The van der Waals surface area contributed by atoms with E-state index in [-0.39, 0.29) is 0 Å². The highest BCUT2D eigenvalue weighted by molar-refractivity contribution is 4.73. The molecule has 2 heteroatoms. The smallest absolute Gasteiger partial charge is 0.000744 e. The van der Waals surface area contributed by atoms with E-state index >= 15 is 0 Å². The van der Waals surface area contributed by atoms with Crippen molar-refractivity contribution in [2.45, 2.75) is 67.2 Å². The average Bonchev–Trinajstić information content (AvgIpc) is 2.50. The van der Waals surface area contributed by atoms with Crippen LogP contribution in [0.15, 0.2) is 0 Å². The Kier molecular flexibility index (Phi) is 17.8. The predicted molar refractivity (Wildman–Crippen MR) is 89.9 cm³/mol. The maximum absolute atomic E-state index is 2.64. The van der Waals surface area contributed by atoms with Gasteiger partial charge in [0.2, 0.25) is 0 Å². The highest BCUT2D eigenvalue weighted by Gasteiger charge is 2.19. The molecule has 0 radical (unpaired) electrons. The van der Waals surface area contributed by atoms with Crippen molar-refractivity contribution in [3.05, 3.63) is 0 Å². The van der Waals surface area contributed by atoms with Gasteiger partial charge in [0, 0.05) is 6.54 Å². The lowest BCUT2D eigenvalue weighted by Gasteiger charge is -2.33. The summed E-state index contributed by atoms with van der Waals surface area (Å²) in [7, 11) is 2.24. The van der Waals surface area contributed by atoms with Gasteiger partial charge in [0.15, 0.2) is 0 Å². The summed E-state index contributed by atoms with van der Waals surface area (Å²) in [6.07, 6.45) is 5.53. The predicted octanol–water partition coefficient (Wildman–Crippen LogP) is 4.50. The van der Waals surface area contributed by atoms with E-state index in [2.05, 4.69) is 30.7 Å². The molecule has 0 spiro atoms. The Hall–Kier alpha value is -0.0800. The molecular weight excluding hydrogens is 232 g/mol. The molecule has 0 N–H and O–H groups in total. The fourth-order valence-electron chi connectivity index (χ4n) is 2.34. The highest BCUT2D eigenvalue weighted by Crippen LogP contribution is 2.18. The van der Waals surface area contributed by atoms with Gasteiger partial charge in [0.25, 0.3) is 0 Å². The Balaban J connectivity index is 0. The molecule has 0 saturated carbocycles. The fourth-order valence-corrected chi connectivity index (χ4v) is 2.34. The molecular formula is C17H40N2. The van der Waals surface area contributed by atoms with E-state index in [0.29, 0.717) is 0 Å². The fraction of sp³-hybridized carbons (Fsp3) is 1.00. The molecule has 19 heavy (non-hydrogen) atoms. The Morgan fingerprint density at radius 3 is 1.95 bits per heavy atom. The van der Waals surface area contributed by atoms with Crippen molar-refractivity contribution < 1.29 is 0 Å². The zero-order valence-electron chi connectivity index (χ0n) is 14.8. The molecule has 0 aromatic carbocycles. The molecule has 1 aliphatic rings. The molecule has 1 aliphatic heterocycles. The summed E-state index contributed by atoms with van der Waals surface area (Å²) in [6.45, 7) is 19.0. The van der Waals surface area contributed by atoms with Crippen molar-refractivity contribution in [3.63, 3.8) is 0 Å². The van der Waals surface area contributed by atoms with Gasteiger partial charge < -0.3 is 9.80 Å². The van der Waals surface area contributed by atoms with E-state index in [9.17, 15) is 0 Å². The molecule has 0 aliphatic carbocycles. The van der Waals surface area contributed by atoms with E-state index in [4.69, 9.17) is 0 Å². The topological polar surface area (TPSA) is 6.48 Å². The van der Waals surface area contributed by atoms with Gasteiger partial charge >= 0.3 is 0 Å².